The van der Waals surface area contributed by atoms with Gasteiger partial charge in [0.1, 0.15) is 5.76 Å². The molecule has 28 heavy (non-hydrogen) atoms. The highest BCUT2D eigenvalue weighted by atomic mass is 16.6. The predicted octanol–water partition coefficient (Wildman–Crippen LogP) is 2.66. The average molecular weight is 382 g/mol. The zero-order valence-electron chi connectivity index (χ0n) is 15.1. The van der Waals surface area contributed by atoms with Crippen molar-refractivity contribution in [2.75, 3.05) is 20.3 Å². The number of hydrogen-bond acceptors (Lipinski definition) is 6. The molecule has 1 saturated heterocycles. The maximum absolute atomic E-state index is 12.7. The van der Waals surface area contributed by atoms with Crippen molar-refractivity contribution in [2.24, 2.45) is 0 Å². The Labute approximate surface area is 160 Å². The molecule has 1 amide bonds. The fraction of sp³-hybridized carbons (Fsp3) is 0.200. The average Bonchev–Trinajstić information content (AvgIpc) is 2.97. The summed E-state index contributed by atoms with van der Waals surface area (Å²) in [5.41, 5.74) is 0.722. The van der Waals surface area contributed by atoms with E-state index in [0.717, 1.165) is 0 Å². The van der Waals surface area contributed by atoms with Crippen molar-refractivity contribution < 1.29 is 24.4 Å². The summed E-state index contributed by atoms with van der Waals surface area (Å²) in [6.07, 6.45) is 0. The van der Waals surface area contributed by atoms with Crippen molar-refractivity contribution >= 4 is 23.1 Å². The fourth-order valence-electron chi connectivity index (χ4n) is 3.18. The first kappa shape index (κ1) is 19.2. The van der Waals surface area contributed by atoms with E-state index in [1.807, 2.05) is 0 Å². The van der Waals surface area contributed by atoms with E-state index in [1.54, 1.807) is 30.3 Å². The van der Waals surface area contributed by atoms with E-state index < -0.39 is 22.7 Å². The fourth-order valence-corrected chi connectivity index (χ4v) is 3.18. The van der Waals surface area contributed by atoms with Gasteiger partial charge < -0.3 is 14.7 Å². The van der Waals surface area contributed by atoms with Crippen molar-refractivity contribution in [1.29, 1.82) is 0 Å². The third-order valence-electron chi connectivity index (χ3n) is 4.54. The van der Waals surface area contributed by atoms with Crippen LogP contribution in [-0.4, -0.2) is 46.9 Å². The Morgan fingerprint density at radius 1 is 1.14 bits per heavy atom. The maximum atomic E-state index is 12.7. The van der Waals surface area contributed by atoms with Crippen molar-refractivity contribution in [2.45, 2.75) is 6.04 Å². The van der Waals surface area contributed by atoms with Gasteiger partial charge in [0.2, 0.25) is 0 Å². The minimum absolute atomic E-state index is 0.0545. The molecule has 1 heterocycles. The van der Waals surface area contributed by atoms with Crippen LogP contribution in [-0.2, 0) is 14.3 Å². The number of aliphatic hydroxyl groups is 1. The lowest BCUT2D eigenvalue weighted by molar-refractivity contribution is -0.384. The van der Waals surface area contributed by atoms with E-state index in [0.29, 0.717) is 11.1 Å². The molecule has 3 rings (SSSR count). The lowest BCUT2D eigenvalue weighted by Gasteiger charge is -2.25. The largest absolute Gasteiger partial charge is 0.507 e. The number of carbonyl (C=O) groups excluding carboxylic acids is 2. The molecule has 144 valence electrons. The smallest absolute Gasteiger partial charge is 0.295 e. The van der Waals surface area contributed by atoms with Crippen molar-refractivity contribution in [3.63, 3.8) is 0 Å². The summed E-state index contributed by atoms with van der Waals surface area (Å²) in [6.45, 7) is 0.330. The number of carbonyl (C=O) groups is 2. The van der Waals surface area contributed by atoms with E-state index in [1.165, 1.54) is 36.3 Å². The molecular weight excluding hydrogens is 364 g/mol. The van der Waals surface area contributed by atoms with Crippen LogP contribution in [0.1, 0.15) is 17.2 Å². The second kappa shape index (κ2) is 8.01. The number of hydrogen-bond donors (Lipinski definition) is 1. The summed E-state index contributed by atoms with van der Waals surface area (Å²) in [5.74, 6) is -1.85. The van der Waals surface area contributed by atoms with Crippen LogP contribution in [0.4, 0.5) is 5.69 Å². The molecule has 8 nitrogen and oxygen atoms in total. The summed E-state index contributed by atoms with van der Waals surface area (Å²) >= 11 is 0. The van der Waals surface area contributed by atoms with Gasteiger partial charge in [-0.05, 0) is 17.7 Å². The van der Waals surface area contributed by atoms with Crippen LogP contribution >= 0.6 is 0 Å². The third kappa shape index (κ3) is 3.49. The number of nitro groups is 1. The number of methoxy groups -OCH3 is 1. The van der Waals surface area contributed by atoms with Gasteiger partial charge in [-0.25, -0.2) is 0 Å². The number of nitrogens with zero attached hydrogens (tertiary/aromatic N) is 2. The van der Waals surface area contributed by atoms with Crippen LogP contribution in [0.3, 0.4) is 0 Å². The van der Waals surface area contributed by atoms with Crippen LogP contribution in [0.5, 0.6) is 0 Å². The topological polar surface area (TPSA) is 110 Å². The van der Waals surface area contributed by atoms with Gasteiger partial charge in [-0.1, -0.05) is 30.3 Å². The van der Waals surface area contributed by atoms with Gasteiger partial charge >= 0.3 is 0 Å². The number of aliphatic hydroxyl groups excluding tert-OH is 1. The summed E-state index contributed by atoms with van der Waals surface area (Å²) in [4.78, 5) is 37.0. The zero-order chi connectivity index (χ0) is 20.3. The van der Waals surface area contributed by atoms with E-state index in [9.17, 15) is 24.8 Å². The first-order valence-corrected chi connectivity index (χ1v) is 8.52. The minimum atomic E-state index is -0.865. The van der Waals surface area contributed by atoms with Crippen LogP contribution < -0.4 is 0 Å². The quantitative estimate of drug-likeness (QED) is 0.270. The minimum Gasteiger partial charge on any atom is -0.507 e. The maximum Gasteiger partial charge on any atom is 0.295 e. The second-order valence-electron chi connectivity index (χ2n) is 6.20. The zero-order valence-corrected chi connectivity index (χ0v) is 15.1. The number of rotatable bonds is 6. The Kier molecular flexibility index (Phi) is 5.51. The number of non-ortho nitro benzene ring substituents is 1. The van der Waals surface area contributed by atoms with Gasteiger partial charge in [-0.3, -0.25) is 19.7 Å². The van der Waals surface area contributed by atoms with E-state index in [2.05, 4.69) is 0 Å². The van der Waals surface area contributed by atoms with E-state index in [4.69, 9.17) is 4.74 Å². The number of ether oxygens (including phenoxy) is 1. The summed E-state index contributed by atoms with van der Waals surface area (Å²) in [6, 6.07) is 13.1. The van der Waals surface area contributed by atoms with Crippen molar-refractivity contribution in [3.8, 4) is 0 Å². The van der Waals surface area contributed by atoms with E-state index in [-0.39, 0.29) is 30.2 Å². The number of nitro benzene ring substituents is 1. The van der Waals surface area contributed by atoms with Gasteiger partial charge in [0.05, 0.1) is 23.1 Å². The Morgan fingerprint density at radius 3 is 2.36 bits per heavy atom. The van der Waals surface area contributed by atoms with E-state index >= 15 is 0 Å². The molecule has 0 saturated carbocycles. The van der Waals surface area contributed by atoms with Gasteiger partial charge in [-0.15, -0.1) is 0 Å². The molecule has 0 radical (unpaired) electrons. The summed E-state index contributed by atoms with van der Waals surface area (Å²) in [7, 11) is 1.47. The Bertz CT molecular complexity index is 937. The molecule has 1 unspecified atom stereocenters. The Morgan fingerprint density at radius 2 is 1.79 bits per heavy atom. The van der Waals surface area contributed by atoms with Crippen molar-refractivity contribution in [3.05, 3.63) is 81.4 Å². The van der Waals surface area contributed by atoms with Gasteiger partial charge in [0.25, 0.3) is 17.4 Å². The van der Waals surface area contributed by atoms with Crippen LogP contribution in [0, 0.1) is 10.1 Å². The highest BCUT2D eigenvalue weighted by Crippen LogP contribution is 2.39. The molecule has 0 aliphatic carbocycles. The molecule has 1 aliphatic heterocycles. The molecule has 0 bridgehead atoms. The van der Waals surface area contributed by atoms with Gasteiger partial charge in [0.15, 0.2) is 0 Å². The molecule has 8 heteroatoms. The van der Waals surface area contributed by atoms with Crippen LogP contribution in [0.2, 0.25) is 0 Å². The van der Waals surface area contributed by atoms with Crippen LogP contribution in [0.25, 0.3) is 5.76 Å². The monoisotopic (exact) mass is 382 g/mol. The van der Waals surface area contributed by atoms with Crippen molar-refractivity contribution in [1.82, 2.24) is 4.90 Å². The lowest BCUT2D eigenvalue weighted by Crippen LogP contribution is -2.32. The Hall–Kier alpha value is -3.52. The highest BCUT2D eigenvalue weighted by molar-refractivity contribution is 6.46. The number of Topliss-reactive ketones (excluding diaryl/α,β-unsaturated/α-hetero) is 1. The van der Waals surface area contributed by atoms with Crippen LogP contribution in [0.15, 0.2) is 60.2 Å². The third-order valence-corrected chi connectivity index (χ3v) is 4.54. The standard InChI is InChI=1S/C20H18N2O6/c1-28-12-11-21-17(13-7-9-15(10-8-13)22(26)27)16(19(24)20(21)25)18(23)14-5-3-2-4-6-14/h2-10,17,23H,11-12H2,1H3/b18-16+. The molecule has 1 atom stereocenters. The molecular formula is C20H18N2O6. The summed E-state index contributed by atoms with van der Waals surface area (Å²) in [5, 5.41) is 21.7. The molecule has 1 fully saturated rings. The molecule has 1 N–H and O–H groups in total. The molecule has 2 aromatic rings. The first-order chi connectivity index (χ1) is 13.5. The molecule has 1 aliphatic rings. The number of ketones is 1. The molecule has 2 aromatic carbocycles. The number of likely N-dealkylation sites (tertiary alicyclic amines) is 1. The lowest BCUT2D eigenvalue weighted by atomic mass is 9.95. The first-order valence-electron chi connectivity index (χ1n) is 8.52. The SMILES string of the molecule is COCCN1C(=O)C(=O)/C(=C(/O)c2ccccc2)C1c1ccc([N+](=O)[O-])cc1. The molecule has 0 aromatic heterocycles. The highest BCUT2D eigenvalue weighted by Gasteiger charge is 2.45. The normalized spacial score (nSPS) is 18.5. The number of amides is 1. The summed E-state index contributed by atoms with van der Waals surface area (Å²) < 4.78 is 5.03. The van der Waals surface area contributed by atoms with Gasteiger partial charge in [0, 0.05) is 31.4 Å². The predicted molar refractivity (Wildman–Crippen MR) is 100 cm³/mol. The Balaban J connectivity index is 2.14. The molecule has 0 spiro atoms. The number of benzene rings is 2. The van der Waals surface area contributed by atoms with Gasteiger partial charge in [-0.2, -0.15) is 0 Å². The second-order valence-corrected chi connectivity index (χ2v) is 6.20.